The Morgan fingerprint density at radius 2 is 1.88 bits per heavy atom. The van der Waals surface area contributed by atoms with E-state index in [0.29, 0.717) is 52.2 Å². The zero-order valence-corrected chi connectivity index (χ0v) is 18.3. The lowest BCUT2D eigenvalue weighted by Gasteiger charge is -2.31. The van der Waals surface area contributed by atoms with Crippen molar-refractivity contribution in [1.82, 2.24) is 4.90 Å². The molecule has 6 nitrogen and oxygen atoms in total. The molecule has 3 aromatic rings. The summed E-state index contributed by atoms with van der Waals surface area (Å²) >= 11 is 6.16. The van der Waals surface area contributed by atoms with Crippen LogP contribution in [0.1, 0.15) is 49.9 Å². The van der Waals surface area contributed by atoms with E-state index in [1.165, 1.54) is 6.07 Å². The van der Waals surface area contributed by atoms with Crippen LogP contribution in [0.2, 0.25) is 5.02 Å². The average Bonchev–Trinajstić information content (AvgIpc) is 3.44. The molecule has 0 fully saturated rings. The van der Waals surface area contributed by atoms with Crippen LogP contribution in [-0.4, -0.2) is 23.5 Å². The molecule has 0 saturated heterocycles. The maximum Gasteiger partial charge on any atom is 0.258 e. The number of nitrogens with two attached hydrogens (primary N) is 1. The van der Waals surface area contributed by atoms with E-state index in [1.807, 2.05) is 0 Å². The maximum atomic E-state index is 14.6. The summed E-state index contributed by atoms with van der Waals surface area (Å²) < 4.78 is 25.6. The molecule has 2 aliphatic rings. The van der Waals surface area contributed by atoms with Gasteiger partial charge in [-0.3, -0.25) is 9.59 Å². The fourth-order valence-corrected chi connectivity index (χ4v) is 4.82. The smallest absolute Gasteiger partial charge is 0.258 e. The van der Waals surface area contributed by atoms with Gasteiger partial charge in [0.2, 0.25) is 12.7 Å². The van der Waals surface area contributed by atoms with E-state index >= 15 is 0 Å². The second-order valence-corrected chi connectivity index (χ2v) is 8.44. The Hall–Kier alpha value is -3.58. The van der Waals surface area contributed by atoms with Gasteiger partial charge in [0.1, 0.15) is 5.82 Å². The highest BCUT2D eigenvalue weighted by Gasteiger charge is 2.36. The van der Waals surface area contributed by atoms with Gasteiger partial charge >= 0.3 is 0 Å². The highest BCUT2D eigenvalue weighted by molar-refractivity contribution is 6.30. The van der Waals surface area contributed by atoms with Crippen LogP contribution in [0, 0.1) is 5.82 Å². The van der Waals surface area contributed by atoms with E-state index < -0.39 is 11.9 Å². The van der Waals surface area contributed by atoms with E-state index in [1.54, 1.807) is 53.4 Å². The number of carbonyl (C=O) groups excluding carboxylic acids is 2. The van der Waals surface area contributed by atoms with Gasteiger partial charge in [0.25, 0.3) is 5.91 Å². The van der Waals surface area contributed by atoms with Crippen molar-refractivity contribution in [2.75, 3.05) is 6.79 Å². The Kier molecular flexibility index (Phi) is 5.42. The van der Waals surface area contributed by atoms with E-state index in [-0.39, 0.29) is 30.1 Å². The van der Waals surface area contributed by atoms with Crippen LogP contribution in [0.3, 0.4) is 0 Å². The van der Waals surface area contributed by atoms with E-state index in [0.717, 1.165) is 0 Å². The fourth-order valence-electron chi connectivity index (χ4n) is 4.60. The van der Waals surface area contributed by atoms with Crippen molar-refractivity contribution in [3.63, 3.8) is 0 Å². The Balaban J connectivity index is 1.61. The largest absolute Gasteiger partial charge is 0.454 e. The zero-order chi connectivity index (χ0) is 23.1. The second kappa shape index (κ2) is 8.41. The molecule has 33 heavy (non-hydrogen) atoms. The molecule has 0 radical (unpaired) electrons. The molecule has 1 atom stereocenters. The van der Waals surface area contributed by atoms with Crippen LogP contribution in [0.5, 0.6) is 11.5 Å². The molecule has 8 heteroatoms. The number of primary amides is 1. The van der Waals surface area contributed by atoms with Crippen molar-refractivity contribution in [2.45, 2.75) is 25.4 Å². The Bertz CT molecular complexity index is 1280. The van der Waals surface area contributed by atoms with Crippen LogP contribution in [0.25, 0.3) is 0 Å². The van der Waals surface area contributed by atoms with Gasteiger partial charge in [0.15, 0.2) is 11.5 Å². The predicted molar refractivity (Wildman–Crippen MR) is 120 cm³/mol. The first-order valence-corrected chi connectivity index (χ1v) is 10.9. The topological polar surface area (TPSA) is 81.9 Å². The molecular weight excluding hydrogens is 447 g/mol. The highest BCUT2D eigenvalue weighted by Crippen LogP contribution is 2.42. The number of fused-ring (bicyclic) bond motifs is 2. The minimum Gasteiger partial charge on any atom is -0.454 e. The number of ether oxygens (including phenoxy) is 2. The second-order valence-electron chi connectivity index (χ2n) is 8.00. The molecule has 5 rings (SSSR count). The summed E-state index contributed by atoms with van der Waals surface area (Å²) in [4.78, 5) is 27.6. The standard InChI is InChI=1S/C25H20ClFN2O4/c26-15-10-19-17(20(27)11-15)8-9-21(19)29(12-14-4-1-2-5-16(14)24(28)30)25(31)18-6-3-7-22-23(18)33-13-32-22/h1-7,10-11,21H,8-9,12-13H2,(H2,28,30)/t21-/m1/s1. The number of amides is 2. The van der Waals surface area contributed by atoms with Crippen molar-refractivity contribution in [3.8, 4) is 11.5 Å². The van der Waals surface area contributed by atoms with Crippen LogP contribution >= 0.6 is 11.6 Å². The van der Waals surface area contributed by atoms with E-state index in [2.05, 4.69) is 0 Å². The fraction of sp³-hybridized carbons (Fsp3) is 0.200. The third-order valence-corrected chi connectivity index (χ3v) is 6.33. The average molecular weight is 467 g/mol. The summed E-state index contributed by atoms with van der Waals surface area (Å²) in [5.41, 5.74) is 8.03. The minimum absolute atomic E-state index is 0.0250. The molecule has 0 aromatic heterocycles. The molecule has 0 spiro atoms. The molecule has 0 unspecified atom stereocenters. The van der Waals surface area contributed by atoms with Crippen LogP contribution in [0.15, 0.2) is 54.6 Å². The number of rotatable bonds is 5. The quantitative estimate of drug-likeness (QED) is 0.594. The van der Waals surface area contributed by atoms with Crippen LogP contribution in [-0.2, 0) is 13.0 Å². The lowest BCUT2D eigenvalue weighted by atomic mass is 10.0. The lowest BCUT2D eigenvalue weighted by Crippen LogP contribution is -2.34. The molecular formula is C25H20ClFN2O4. The molecule has 2 N–H and O–H groups in total. The van der Waals surface area contributed by atoms with Gasteiger partial charge in [-0.05, 0) is 59.9 Å². The first kappa shape index (κ1) is 21.3. The molecule has 0 saturated carbocycles. The lowest BCUT2D eigenvalue weighted by molar-refractivity contribution is 0.0651. The number of carbonyl (C=O) groups is 2. The summed E-state index contributed by atoms with van der Waals surface area (Å²) in [5, 5.41) is 0.264. The SMILES string of the molecule is NC(=O)c1ccccc1CN(C(=O)c1cccc2c1OCO2)[C@@H]1CCc2c(F)cc(Cl)cc21. The van der Waals surface area contributed by atoms with Crippen molar-refractivity contribution >= 4 is 23.4 Å². The predicted octanol–water partition coefficient (Wildman–Crippen LogP) is 4.64. The summed E-state index contributed by atoms with van der Waals surface area (Å²) in [6, 6.07) is 14.5. The number of hydrogen-bond donors (Lipinski definition) is 1. The number of halogens is 2. The van der Waals surface area contributed by atoms with Crippen LogP contribution < -0.4 is 15.2 Å². The maximum absolute atomic E-state index is 14.6. The monoisotopic (exact) mass is 466 g/mol. The molecule has 1 aliphatic heterocycles. The van der Waals surface area contributed by atoms with Crippen LogP contribution in [0.4, 0.5) is 4.39 Å². The van der Waals surface area contributed by atoms with Gasteiger partial charge in [0.05, 0.1) is 11.6 Å². The van der Waals surface area contributed by atoms with Crippen molar-refractivity contribution in [3.05, 3.63) is 93.3 Å². The third kappa shape index (κ3) is 3.78. The van der Waals surface area contributed by atoms with Gasteiger partial charge in [0, 0.05) is 17.1 Å². The van der Waals surface area contributed by atoms with Gasteiger partial charge in [-0.15, -0.1) is 0 Å². The van der Waals surface area contributed by atoms with Gasteiger partial charge in [-0.1, -0.05) is 35.9 Å². The zero-order valence-electron chi connectivity index (χ0n) is 17.5. The Morgan fingerprint density at radius 1 is 1.09 bits per heavy atom. The van der Waals surface area contributed by atoms with Gasteiger partial charge in [-0.25, -0.2) is 4.39 Å². The number of benzene rings is 3. The first-order valence-electron chi connectivity index (χ1n) is 10.5. The van der Waals surface area contributed by atoms with Gasteiger partial charge < -0.3 is 20.1 Å². The number of para-hydroxylation sites is 1. The van der Waals surface area contributed by atoms with Crippen molar-refractivity contribution in [1.29, 1.82) is 0 Å². The summed E-state index contributed by atoms with van der Waals surface area (Å²) in [5.74, 6) is -0.446. The third-order valence-electron chi connectivity index (χ3n) is 6.11. The van der Waals surface area contributed by atoms with E-state index in [9.17, 15) is 14.0 Å². The molecule has 2 amide bonds. The Labute approximate surface area is 194 Å². The summed E-state index contributed by atoms with van der Waals surface area (Å²) in [6.45, 7) is 0.123. The van der Waals surface area contributed by atoms with E-state index in [4.69, 9.17) is 26.8 Å². The van der Waals surface area contributed by atoms with Gasteiger partial charge in [-0.2, -0.15) is 0 Å². The normalized spacial score (nSPS) is 15.9. The number of hydrogen-bond acceptors (Lipinski definition) is 4. The summed E-state index contributed by atoms with van der Waals surface area (Å²) in [6.07, 6.45) is 0.986. The van der Waals surface area contributed by atoms with Crippen molar-refractivity contribution < 1.29 is 23.5 Å². The number of nitrogens with zero attached hydrogens (tertiary/aromatic N) is 1. The minimum atomic E-state index is -0.587. The highest BCUT2D eigenvalue weighted by atomic mass is 35.5. The summed E-state index contributed by atoms with van der Waals surface area (Å²) in [7, 11) is 0. The molecule has 168 valence electrons. The molecule has 3 aromatic carbocycles. The molecule has 1 heterocycles. The Morgan fingerprint density at radius 3 is 2.70 bits per heavy atom. The molecule has 0 bridgehead atoms. The van der Waals surface area contributed by atoms with Crippen molar-refractivity contribution in [2.24, 2.45) is 5.73 Å². The first-order chi connectivity index (χ1) is 15.9. The molecule has 1 aliphatic carbocycles.